The smallest absolute Gasteiger partial charge is 0.273 e. The summed E-state index contributed by atoms with van der Waals surface area (Å²) in [7, 11) is 1.63. The van der Waals surface area contributed by atoms with Crippen molar-refractivity contribution in [1.82, 2.24) is 15.1 Å². The molecule has 1 aliphatic rings. The van der Waals surface area contributed by atoms with Gasteiger partial charge in [0.2, 0.25) is 0 Å². The van der Waals surface area contributed by atoms with Crippen molar-refractivity contribution in [3.05, 3.63) is 94.5 Å². The van der Waals surface area contributed by atoms with E-state index in [-0.39, 0.29) is 11.9 Å². The van der Waals surface area contributed by atoms with Crippen LogP contribution in [-0.4, -0.2) is 28.1 Å². The molecule has 2 aromatic carbocycles. The van der Waals surface area contributed by atoms with E-state index in [9.17, 15) is 4.79 Å². The molecular weight excluding hydrogens is 402 g/mol. The Hall–Kier alpha value is -3.51. The Kier molecular flexibility index (Phi) is 4.56. The first kappa shape index (κ1) is 18.5. The number of ether oxygens (including phenoxy) is 1. The van der Waals surface area contributed by atoms with E-state index in [2.05, 4.69) is 10.2 Å². The Morgan fingerprint density at radius 1 is 1.13 bits per heavy atom. The Bertz CT molecular complexity index is 1180. The lowest BCUT2D eigenvalue weighted by Gasteiger charge is -2.25. The van der Waals surface area contributed by atoms with Crippen LogP contribution >= 0.6 is 11.6 Å². The van der Waals surface area contributed by atoms with Crippen LogP contribution in [0.25, 0.3) is 11.3 Å². The Morgan fingerprint density at radius 2 is 1.90 bits per heavy atom. The van der Waals surface area contributed by atoms with Crippen LogP contribution in [0.4, 0.5) is 0 Å². The van der Waals surface area contributed by atoms with Gasteiger partial charge in [0.1, 0.15) is 17.2 Å². The van der Waals surface area contributed by atoms with E-state index in [1.54, 1.807) is 18.3 Å². The molecule has 0 fully saturated rings. The van der Waals surface area contributed by atoms with Gasteiger partial charge < -0.3 is 14.1 Å². The van der Waals surface area contributed by atoms with Crippen LogP contribution < -0.4 is 4.74 Å². The molecule has 6 nitrogen and oxygen atoms in total. The highest BCUT2D eigenvalue weighted by atomic mass is 35.5. The monoisotopic (exact) mass is 419 g/mol. The van der Waals surface area contributed by atoms with Crippen LogP contribution in [0.15, 0.2) is 71.3 Å². The molecule has 0 spiro atoms. The van der Waals surface area contributed by atoms with Gasteiger partial charge in [-0.2, -0.15) is 5.10 Å². The highest BCUT2D eigenvalue weighted by molar-refractivity contribution is 6.30. The second-order valence-corrected chi connectivity index (χ2v) is 7.49. The Morgan fingerprint density at radius 3 is 2.57 bits per heavy atom. The first-order chi connectivity index (χ1) is 14.7. The zero-order valence-corrected chi connectivity index (χ0v) is 16.9. The molecule has 1 atom stereocenters. The number of benzene rings is 2. The molecule has 0 bridgehead atoms. The van der Waals surface area contributed by atoms with Crippen molar-refractivity contribution in [2.45, 2.75) is 12.6 Å². The van der Waals surface area contributed by atoms with Crippen LogP contribution in [0, 0.1) is 0 Å². The second kappa shape index (κ2) is 7.39. The van der Waals surface area contributed by atoms with Gasteiger partial charge in [-0.25, -0.2) is 0 Å². The summed E-state index contributed by atoms with van der Waals surface area (Å²) in [4.78, 5) is 15.1. The molecule has 5 rings (SSSR count). The maximum absolute atomic E-state index is 13.3. The first-order valence-corrected chi connectivity index (χ1v) is 9.85. The van der Waals surface area contributed by atoms with Crippen molar-refractivity contribution in [2.75, 3.05) is 7.11 Å². The number of amides is 1. The molecule has 7 heteroatoms. The van der Waals surface area contributed by atoms with Crippen molar-refractivity contribution >= 4 is 17.5 Å². The number of hydrogen-bond acceptors (Lipinski definition) is 4. The van der Waals surface area contributed by atoms with Gasteiger partial charge in [0.15, 0.2) is 0 Å². The molecule has 0 radical (unpaired) electrons. The van der Waals surface area contributed by atoms with Crippen LogP contribution in [-0.2, 0) is 6.54 Å². The van der Waals surface area contributed by atoms with Crippen molar-refractivity contribution in [3.8, 4) is 17.0 Å². The lowest BCUT2D eigenvalue weighted by Crippen LogP contribution is -2.28. The third-order valence-corrected chi connectivity index (χ3v) is 5.57. The van der Waals surface area contributed by atoms with Crippen LogP contribution in [0.1, 0.15) is 33.4 Å². The minimum Gasteiger partial charge on any atom is -0.497 e. The summed E-state index contributed by atoms with van der Waals surface area (Å²) in [5, 5.41) is 8.07. The molecule has 30 heavy (non-hydrogen) atoms. The van der Waals surface area contributed by atoms with Crippen LogP contribution in [0.3, 0.4) is 0 Å². The predicted molar refractivity (Wildman–Crippen MR) is 112 cm³/mol. The number of carbonyl (C=O) groups is 1. The molecule has 1 amide bonds. The van der Waals surface area contributed by atoms with E-state index >= 15 is 0 Å². The minimum absolute atomic E-state index is 0.117. The number of methoxy groups -OCH3 is 1. The SMILES string of the molecule is COc1ccc(-c2n[nH]c3c2C(c2ccc(Cl)cc2)N(Cc2ccco2)C3=O)cc1. The Balaban J connectivity index is 1.63. The van der Waals surface area contributed by atoms with E-state index in [1.807, 2.05) is 60.7 Å². The van der Waals surface area contributed by atoms with Crippen molar-refractivity contribution in [3.63, 3.8) is 0 Å². The molecule has 150 valence electrons. The molecule has 1 unspecified atom stereocenters. The predicted octanol–water partition coefficient (Wildman–Crippen LogP) is 5.08. The summed E-state index contributed by atoms with van der Waals surface area (Å²) >= 11 is 6.11. The number of hydrogen-bond donors (Lipinski definition) is 1. The molecule has 3 heterocycles. The summed E-state index contributed by atoms with van der Waals surface area (Å²) < 4.78 is 10.8. The number of halogens is 1. The molecule has 0 saturated carbocycles. The summed E-state index contributed by atoms with van der Waals surface area (Å²) in [5.41, 5.74) is 3.93. The van der Waals surface area contributed by atoms with Gasteiger partial charge >= 0.3 is 0 Å². The number of nitrogens with zero attached hydrogens (tertiary/aromatic N) is 2. The third-order valence-electron chi connectivity index (χ3n) is 5.32. The topological polar surface area (TPSA) is 71.4 Å². The number of furan rings is 1. The zero-order valence-electron chi connectivity index (χ0n) is 16.1. The lowest BCUT2D eigenvalue weighted by molar-refractivity contribution is 0.0717. The molecule has 0 saturated heterocycles. The number of aromatic nitrogens is 2. The maximum atomic E-state index is 13.3. The van der Waals surface area contributed by atoms with E-state index < -0.39 is 0 Å². The summed E-state index contributed by atoms with van der Waals surface area (Å²) in [6, 6.07) is 18.5. The van der Waals surface area contributed by atoms with E-state index in [4.69, 9.17) is 20.8 Å². The number of nitrogens with one attached hydrogen (secondary N) is 1. The van der Waals surface area contributed by atoms with E-state index in [0.29, 0.717) is 23.0 Å². The summed E-state index contributed by atoms with van der Waals surface area (Å²) in [6.07, 6.45) is 1.61. The van der Waals surface area contributed by atoms with Crippen molar-refractivity contribution in [2.24, 2.45) is 0 Å². The average Bonchev–Trinajstić information content (AvgIpc) is 3.49. The second-order valence-electron chi connectivity index (χ2n) is 7.06. The molecule has 4 aromatic rings. The highest BCUT2D eigenvalue weighted by Crippen LogP contribution is 2.43. The third kappa shape index (κ3) is 3.06. The standard InChI is InChI=1S/C23H18ClN3O3/c1-29-17-10-6-14(7-11-17)20-19-21(26-25-20)23(28)27(13-18-3-2-12-30-18)22(19)15-4-8-16(24)9-5-15/h2-12,22H,13H2,1H3,(H,25,26). The maximum Gasteiger partial charge on any atom is 0.273 e. The average molecular weight is 420 g/mol. The van der Waals surface area contributed by atoms with E-state index in [0.717, 1.165) is 28.1 Å². The lowest BCUT2D eigenvalue weighted by atomic mass is 9.96. The summed E-state index contributed by atoms with van der Waals surface area (Å²) in [5.74, 6) is 1.36. The van der Waals surface area contributed by atoms with Crippen LogP contribution in [0.5, 0.6) is 5.75 Å². The molecule has 0 aliphatic carbocycles. The minimum atomic E-state index is -0.314. The normalized spacial score (nSPS) is 15.5. The quantitative estimate of drug-likeness (QED) is 0.489. The van der Waals surface area contributed by atoms with Gasteiger partial charge in [0.25, 0.3) is 5.91 Å². The van der Waals surface area contributed by atoms with Crippen LogP contribution in [0.2, 0.25) is 5.02 Å². The fourth-order valence-electron chi connectivity index (χ4n) is 3.89. The zero-order chi connectivity index (χ0) is 20.7. The van der Waals surface area contributed by atoms with Gasteiger partial charge in [-0.05, 0) is 54.1 Å². The van der Waals surface area contributed by atoms with Gasteiger partial charge in [-0.1, -0.05) is 23.7 Å². The molecular formula is C23H18ClN3O3. The largest absolute Gasteiger partial charge is 0.497 e. The van der Waals surface area contributed by atoms with Gasteiger partial charge in [0, 0.05) is 16.1 Å². The number of aromatic amines is 1. The molecule has 1 N–H and O–H groups in total. The fraction of sp³-hybridized carbons (Fsp3) is 0.130. The van der Waals surface area contributed by atoms with Crippen molar-refractivity contribution in [1.29, 1.82) is 0 Å². The number of H-pyrrole nitrogens is 1. The van der Waals surface area contributed by atoms with Gasteiger partial charge in [0.05, 0.1) is 31.7 Å². The number of rotatable bonds is 5. The fourth-order valence-corrected chi connectivity index (χ4v) is 4.02. The highest BCUT2D eigenvalue weighted by Gasteiger charge is 2.42. The summed E-state index contributed by atoms with van der Waals surface area (Å²) in [6.45, 7) is 0.351. The number of fused-ring (bicyclic) bond motifs is 1. The van der Waals surface area contributed by atoms with Gasteiger partial charge in [-0.3, -0.25) is 9.89 Å². The first-order valence-electron chi connectivity index (χ1n) is 9.47. The molecule has 1 aliphatic heterocycles. The van der Waals surface area contributed by atoms with E-state index in [1.165, 1.54) is 0 Å². The van der Waals surface area contributed by atoms with Crippen molar-refractivity contribution < 1.29 is 13.9 Å². The Labute approximate surface area is 178 Å². The molecule has 2 aromatic heterocycles. The van der Waals surface area contributed by atoms with Gasteiger partial charge in [-0.15, -0.1) is 0 Å². The number of carbonyl (C=O) groups excluding carboxylic acids is 1.